The zero-order chi connectivity index (χ0) is 20.0. The molecule has 1 saturated heterocycles. The Balaban J connectivity index is 1.26. The molecule has 3 aliphatic rings. The molecular weight excluding hydrogens is 366 g/mol. The number of benzene rings is 2. The highest BCUT2D eigenvalue weighted by Crippen LogP contribution is 2.45. The molecule has 5 rings (SSSR count). The molecule has 1 amide bonds. The van der Waals surface area contributed by atoms with E-state index < -0.39 is 5.97 Å². The first-order chi connectivity index (χ1) is 14.1. The van der Waals surface area contributed by atoms with Gasteiger partial charge in [0.2, 0.25) is 0 Å². The second-order valence-corrected chi connectivity index (χ2v) is 8.48. The number of nitrogens with zero attached hydrogens (tertiary/aromatic N) is 1. The molecule has 3 atom stereocenters. The molecule has 2 aromatic carbocycles. The minimum Gasteiger partial charge on any atom is -0.481 e. The molecule has 2 aromatic rings. The van der Waals surface area contributed by atoms with Gasteiger partial charge in [0.25, 0.3) is 0 Å². The highest BCUT2D eigenvalue weighted by atomic mass is 16.6. The van der Waals surface area contributed by atoms with Crippen LogP contribution < -0.4 is 0 Å². The van der Waals surface area contributed by atoms with Crippen molar-refractivity contribution in [3.8, 4) is 11.1 Å². The van der Waals surface area contributed by atoms with E-state index in [4.69, 9.17) is 4.74 Å². The van der Waals surface area contributed by atoms with Gasteiger partial charge in [-0.05, 0) is 53.4 Å². The molecule has 0 spiro atoms. The molecule has 1 saturated carbocycles. The number of fused-ring (bicyclic) bond motifs is 4. The van der Waals surface area contributed by atoms with Crippen molar-refractivity contribution in [1.82, 2.24) is 4.90 Å². The number of piperidine rings is 1. The van der Waals surface area contributed by atoms with Crippen molar-refractivity contribution in [2.24, 2.45) is 17.8 Å². The first-order valence-corrected chi connectivity index (χ1v) is 10.5. The minimum atomic E-state index is -0.688. The number of carboxylic acids is 1. The standard InChI is InChI=1S/C24H25NO4/c26-23(27)21-10-9-15-13-25(12-11-16(15)21)24(28)29-14-22-19-7-3-1-5-17(19)18-6-2-4-8-20(18)22/h1-8,15-16,21-22H,9-14H2,(H,26,27). The molecule has 3 unspecified atom stereocenters. The van der Waals surface area contributed by atoms with Crippen LogP contribution in [0.1, 0.15) is 36.3 Å². The number of likely N-dealkylation sites (tertiary alicyclic amines) is 1. The van der Waals surface area contributed by atoms with Crippen molar-refractivity contribution < 1.29 is 19.4 Å². The Morgan fingerprint density at radius 1 is 0.966 bits per heavy atom. The van der Waals surface area contributed by atoms with Crippen LogP contribution in [0.2, 0.25) is 0 Å². The molecule has 5 heteroatoms. The van der Waals surface area contributed by atoms with Crippen LogP contribution in [-0.2, 0) is 9.53 Å². The highest BCUT2D eigenvalue weighted by Gasteiger charge is 2.44. The van der Waals surface area contributed by atoms with Crippen molar-refractivity contribution in [3.05, 3.63) is 59.7 Å². The van der Waals surface area contributed by atoms with Gasteiger partial charge >= 0.3 is 12.1 Å². The zero-order valence-corrected chi connectivity index (χ0v) is 16.3. The van der Waals surface area contributed by atoms with E-state index >= 15 is 0 Å². The van der Waals surface area contributed by atoms with E-state index in [1.54, 1.807) is 4.90 Å². The molecule has 0 aromatic heterocycles. The number of rotatable bonds is 3. The molecule has 5 nitrogen and oxygen atoms in total. The van der Waals surface area contributed by atoms with Crippen LogP contribution in [0.15, 0.2) is 48.5 Å². The topological polar surface area (TPSA) is 66.8 Å². The summed E-state index contributed by atoms with van der Waals surface area (Å²) < 4.78 is 5.77. The van der Waals surface area contributed by atoms with E-state index in [-0.39, 0.29) is 29.8 Å². The van der Waals surface area contributed by atoms with Gasteiger partial charge in [0, 0.05) is 19.0 Å². The second-order valence-electron chi connectivity index (χ2n) is 8.48. The SMILES string of the molecule is O=C(O)C1CCC2CN(C(=O)OCC3c4ccccc4-c4ccccc43)CCC21. The number of hydrogen-bond donors (Lipinski definition) is 1. The van der Waals surface area contributed by atoms with Gasteiger partial charge in [0.05, 0.1) is 5.92 Å². The molecule has 29 heavy (non-hydrogen) atoms. The van der Waals surface area contributed by atoms with E-state index in [0.717, 1.165) is 19.3 Å². The predicted molar refractivity (Wildman–Crippen MR) is 109 cm³/mol. The lowest BCUT2D eigenvalue weighted by atomic mass is 9.83. The monoisotopic (exact) mass is 391 g/mol. The first-order valence-electron chi connectivity index (χ1n) is 10.5. The Kier molecular flexibility index (Phi) is 4.53. The Bertz CT molecular complexity index is 910. The fourth-order valence-electron chi connectivity index (χ4n) is 5.65. The highest BCUT2D eigenvalue weighted by molar-refractivity contribution is 5.79. The largest absolute Gasteiger partial charge is 0.481 e. The van der Waals surface area contributed by atoms with E-state index in [2.05, 4.69) is 24.3 Å². The van der Waals surface area contributed by atoms with Crippen molar-refractivity contribution in [2.45, 2.75) is 25.2 Å². The minimum absolute atomic E-state index is 0.0618. The van der Waals surface area contributed by atoms with Gasteiger partial charge in [0.1, 0.15) is 6.61 Å². The molecular formula is C24H25NO4. The number of carbonyl (C=O) groups is 2. The average Bonchev–Trinajstić information content (AvgIpc) is 3.31. The molecule has 1 N–H and O–H groups in total. The molecule has 2 fully saturated rings. The number of carbonyl (C=O) groups excluding carboxylic acids is 1. The van der Waals surface area contributed by atoms with Crippen LogP contribution in [0.25, 0.3) is 11.1 Å². The van der Waals surface area contributed by atoms with Crippen LogP contribution in [0.5, 0.6) is 0 Å². The molecule has 2 aliphatic carbocycles. The maximum Gasteiger partial charge on any atom is 0.409 e. The number of hydrogen-bond acceptors (Lipinski definition) is 3. The summed E-state index contributed by atoms with van der Waals surface area (Å²) in [4.78, 5) is 26.0. The summed E-state index contributed by atoms with van der Waals surface area (Å²) in [5, 5.41) is 9.39. The fraction of sp³-hybridized carbons (Fsp3) is 0.417. The zero-order valence-electron chi connectivity index (χ0n) is 16.3. The Hall–Kier alpha value is -2.82. The van der Waals surface area contributed by atoms with E-state index in [1.807, 2.05) is 24.3 Å². The summed E-state index contributed by atoms with van der Waals surface area (Å²) in [6.45, 7) is 1.53. The summed E-state index contributed by atoms with van der Waals surface area (Å²) in [5.41, 5.74) is 4.85. The predicted octanol–water partition coefficient (Wildman–Crippen LogP) is 4.37. The number of carboxylic acid groups (broad SMARTS) is 1. The van der Waals surface area contributed by atoms with Crippen LogP contribution in [0.4, 0.5) is 4.79 Å². The van der Waals surface area contributed by atoms with Gasteiger partial charge in [-0.25, -0.2) is 4.79 Å². The molecule has 1 heterocycles. The van der Waals surface area contributed by atoms with Crippen molar-refractivity contribution in [2.75, 3.05) is 19.7 Å². The lowest BCUT2D eigenvalue weighted by molar-refractivity contribution is -0.143. The Morgan fingerprint density at radius 2 is 1.62 bits per heavy atom. The summed E-state index contributed by atoms with van der Waals surface area (Å²) in [6, 6.07) is 16.6. The van der Waals surface area contributed by atoms with Gasteiger partial charge in [-0.15, -0.1) is 0 Å². The van der Waals surface area contributed by atoms with Crippen molar-refractivity contribution in [3.63, 3.8) is 0 Å². The number of amides is 1. The average molecular weight is 391 g/mol. The fourth-order valence-corrected chi connectivity index (χ4v) is 5.65. The maximum absolute atomic E-state index is 12.8. The van der Waals surface area contributed by atoms with Crippen molar-refractivity contribution in [1.29, 1.82) is 0 Å². The van der Waals surface area contributed by atoms with Crippen LogP contribution in [0.3, 0.4) is 0 Å². The van der Waals surface area contributed by atoms with E-state index in [1.165, 1.54) is 22.3 Å². The smallest absolute Gasteiger partial charge is 0.409 e. The quantitative estimate of drug-likeness (QED) is 0.844. The summed E-state index contributed by atoms with van der Waals surface area (Å²) >= 11 is 0. The van der Waals surface area contributed by atoms with Gasteiger partial charge in [-0.3, -0.25) is 4.79 Å². The molecule has 0 bridgehead atoms. The maximum atomic E-state index is 12.8. The third-order valence-corrected chi connectivity index (χ3v) is 7.07. The number of aliphatic carboxylic acids is 1. The summed E-state index contributed by atoms with van der Waals surface area (Å²) in [7, 11) is 0. The lowest BCUT2D eigenvalue weighted by Gasteiger charge is -2.35. The third kappa shape index (κ3) is 3.09. The van der Waals surface area contributed by atoms with Gasteiger partial charge in [-0.1, -0.05) is 48.5 Å². The lowest BCUT2D eigenvalue weighted by Crippen LogP contribution is -2.44. The van der Waals surface area contributed by atoms with Crippen LogP contribution in [-0.4, -0.2) is 41.8 Å². The summed E-state index contributed by atoms with van der Waals surface area (Å²) in [5.74, 6) is -0.390. The third-order valence-electron chi connectivity index (χ3n) is 7.07. The van der Waals surface area contributed by atoms with E-state index in [0.29, 0.717) is 19.7 Å². The Morgan fingerprint density at radius 3 is 2.28 bits per heavy atom. The van der Waals surface area contributed by atoms with Crippen LogP contribution >= 0.6 is 0 Å². The second kappa shape index (κ2) is 7.21. The molecule has 1 aliphatic heterocycles. The molecule has 150 valence electrons. The van der Waals surface area contributed by atoms with Crippen LogP contribution in [0, 0.1) is 17.8 Å². The Labute approximate surface area is 170 Å². The van der Waals surface area contributed by atoms with Gasteiger partial charge in [-0.2, -0.15) is 0 Å². The molecule has 0 radical (unpaired) electrons. The normalized spacial score (nSPS) is 25.2. The first kappa shape index (κ1) is 18.2. The van der Waals surface area contributed by atoms with Crippen molar-refractivity contribution >= 4 is 12.1 Å². The number of ether oxygens (including phenoxy) is 1. The summed E-state index contributed by atoms with van der Waals surface area (Å²) in [6.07, 6.45) is 2.09. The van der Waals surface area contributed by atoms with Gasteiger partial charge < -0.3 is 14.7 Å². The van der Waals surface area contributed by atoms with E-state index in [9.17, 15) is 14.7 Å². The van der Waals surface area contributed by atoms with Gasteiger partial charge in [0.15, 0.2) is 0 Å².